The Bertz CT molecular complexity index is 931. The van der Waals surface area contributed by atoms with Gasteiger partial charge in [0.1, 0.15) is 11.5 Å². The Labute approximate surface area is 167 Å². The van der Waals surface area contributed by atoms with E-state index in [0.717, 1.165) is 39.1 Å². The summed E-state index contributed by atoms with van der Waals surface area (Å²) in [6, 6.07) is 16.4. The predicted octanol–water partition coefficient (Wildman–Crippen LogP) is 5.85. The van der Waals surface area contributed by atoms with Gasteiger partial charge in [0.15, 0.2) is 0 Å². The van der Waals surface area contributed by atoms with Crippen LogP contribution in [-0.4, -0.2) is 10.2 Å². The maximum atomic E-state index is 10.6. The van der Waals surface area contributed by atoms with E-state index < -0.39 is 0 Å². The van der Waals surface area contributed by atoms with E-state index in [4.69, 9.17) is 0 Å². The Morgan fingerprint density at radius 1 is 0.607 bits per heavy atom. The molecule has 0 bridgehead atoms. The van der Waals surface area contributed by atoms with Crippen LogP contribution in [0.25, 0.3) is 0 Å². The quantitative estimate of drug-likeness (QED) is 0.588. The fraction of sp³-hybridized carbons (Fsp3) is 0.280. The monoisotopic (exact) mass is 375 g/mol. The van der Waals surface area contributed by atoms with Gasteiger partial charge in [-0.15, -0.1) is 0 Å². The molecule has 3 rings (SSSR count). The van der Waals surface area contributed by atoms with Crippen molar-refractivity contribution in [3.8, 4) is 11.5 Å². The van der Waals surface area contributed by atoms with Crippen LogP contribution in [0.15, 0.2) is 48.5 Å². The number of phenols is 2. The van der Waals surface area contributed by atoms with Gasteiger partial charge < -0.3 is 15.1 Å². The van der Waals surface area contributed by atoms with Crippen molar-refractivity contribution in [2.45, 2.75) is 47.7 Å². The van der Waals surface area contributed by atoms with Crippen molar-refractivity contribution in [3.05, 3.63) is 87.5 Å². The van der Waals surface area contributed by atoms with Crippen LogP contribution in [0, 0.1) is 34.6 Å². The number of anilines is 1. The molecule has 0 spiro atoms. The lowest BCUT2D eigenvalue weighted by molar-refractivity contribution is 0.459. The number of rotatable bonds is 5. The number of benzene rings is 3. The van der Waals surface area contributed by atoms with Crippen LogP contribution in [0.4, 0.5) is 5.69 Å². The second-order valence-electron chi connectivity index (χ2n) is 7.87. The summed E-state index contributed by atoms with van der Waals surface area (Å²) in [5.41, 5.74) is 8.06. The molecule has 0 fully saturated rings. The van der Waals surface area contributed by atoms with E-state index in [1.165, 1.54) is 5.56 Å². The van der Waals surface area contributed by atoms with Gasteiger partial charge in [0, 0.05) is 29.9 Å². The van der Waals surface area contributed by atoms with E-state index in [1.54, 1.807) is 0 Å². The van der Waals surface area contributed by atoms with Crippen molar-refractivity contribution in [2.75, 3.05) is 4.90 Å². The highest BCUT2D eigenvalue weighted by atomic mass is 16.3. The molecule has 3 heteroatoms. The van der Waals surface area contributed by atoms with E-state index >= 15 is 0 Å². The van der Waals surface area contributed by atoms with E-state index in [2.05, 4.69) is 36.1 Å². The fourth-order valence-electron chi connectivity index (χ4n) is 3.74. The average Bonchev–Trinajstić information content (AvgIpc) is 2.63. The van der Waals surface area contributed by atoms with Gasteiger partial charge in [0.2, 0.25) is 0 Å². The largest absolute Gasteiger partial charge is 0.507 e. The number of aryl methyl sites for hydroxylation is 5. The summed E-state index contributed by atoms with van der Waals surface area (Å²) in [6.07, 6.45) is 0. The van der Waals surface area contributed by atoms with Gasteiger partial charge in [-0.1, -0.05) is 53.1 Å². The van der Waals surface area contributed by atoms with Crippen molar-refractivity contribution in [1.82, 2.24) is 0 Å². The SMILES string of the molecule is Cc1ccc(N(Cc2cc(C)cc(C)c2O)Cc2cc(C)cc(C)c2O)cc1. The van der Waals surface area contributed by atoms with Crippen molar-refractivity contribution in [1.29, 1.82) is 0 Å². The van der Waals surface area contributed by atoms with E-state index in [1.807, 2.05) is 52.0 Å². The van der Waals surface area contributed by atoms with Crippen molar-refractivity contribution in [3.63, 3.8) is 0 Å². The third-order valence-electron chi connectivity index (χ3n) is 5.17. The predicted molar refractivity (Wildman–Crippen MR) is 116 cm³/mol. The minimum atomic E-state index is 0.340. The normalized spacial score (nSPS) is 10.9. The number of hydrogen-bond acceptors (Lipinski definition) is 3. The molecule has 0 atom stereocenters. The first-order chi connectivity index (χ1) is 13.2. The molecule has 3 aromatic rings. The molecule has 0 saturated heterocycles. The maximum absolute atomic E-state index is 10.6. The third kappa shape index (κ3) is 4.30. The van der Waals surface area contributed by atoms with Crippen molar-refractivity contribution in [2.24, 2.45) is 0 Å². The standard InChI is InChI=1S/C25H29NO2/c1-16-6-8-23(9-7-16)26(14-21-12-17(2)10-19(4)24(21)27)15-22-13-18(3)11-20(5)25(22)28/h6-13,27-28H,14-15H2,1-5H3. The lowest BCUT2D eigenvalue weighted by atomic mass is 10.0. The molecule has 0 heterocycles. The summed E-state index contributed by atoms with van der Waals surface area (Å²) in [5.74, 6) is 0.680. The van der Waals surface area contributed by atoms with Crippen LogP contribution in [0.5, 0.6) is 11.5 Å². The van der Waals surface area contributed by atoms with Crippen LogP contribution in [0.2, 0.25) is 0 Å². The molecule has 0 unspecified atom stereocenters. The molecule has 0 aliphatic rings. The Morgan fingerprint density at radius 2 is 1.04 bits per heavy atom. The maximum Gasteiger partial charge on any atom is 0.123 e. The smallest absolute Gasteiger partial charge is 0.123 e. The van der Waals surface area contributed by atoms with Crippen LogP contribution in [0.1, 0.15) is 38.9 Å². The second-order valence-corrected chi connectivity index (χ2v) is 7.87. The molecule has 0 saturated carbocycles. The first-order valence-electron chi connectivity index (χ1n) is 9.64. The van der Waals surface area contributed by atoms with Crippen LogP contribution in [0.3, 0.4) is 0 Å². The van der Waals surface area contributed by atoms with Gasteiger partial charge in [-0.05, 0) is 57.9 Å². The number of phenolic OH excluding ortho intramolecular Hbond substituents is 2. The average molecular weight is 376 g/mol. The number of hydrogen-bond donors (Lipinski definition) is 2. The lowest BCUT2D eigenvalue weighted by Gasteiger charge is -2.27. The molecular weight excluding hydrogens is 346 g/mol. The van der Waals surface area contributed by atoms with Crippen molar-refractivity contribution >= 4 is 5.69 Å². The first-order valence-corrected chi connectivity index (χ1v) is 9.64. The Hall–Kier alpha value is -2.94. The Morgan fingerprint density at radius 3 is 1.46 bits per heavy atom. The Balaban J connectivity index is 2.02. The molecule has 3 aromatic carbocycles. The van der Waals surface area contributed by atoms with E-state index in [0.29, 0.717) is 24.6 Å². The van der Waals surface area contributed by atoms with Crippen LogP contribution >= 0.6 is 0 Å². The highest BCUT2D eigenvalue weighted by Gasteiger charge is 2.16. The molecule has 0 aromatic heterocycles. The zero-order valence-corrected chi connectivity index (χ0v) is 17.4. The molecule has 0 aliphatic heterocycles. The molecule has 0 radical (unpaired) electrons. The zero-order valence-electron chi connectivity index (χ0n) is 17.4. The summed E-state index contributed by atoms with van der Waals surface area (Å²) in [6.45, 7) is 11.1. The molecule has 146 valence electrons. The van der Waals surface area contributed by atoms with E-state index in [-0.39, 0.29) is 0 Å². The summed E-state index contributed by atoms with van der Waals surface area (Å²) in [7, 11) is 0. The van der Waals surface area contributed by atoms with Gasteiger partial charge in [0.05, 0.1) is 0 Å². The second kappa shape index (κ2) is 7.97. The Kier molecular flexibility index (Phi) is 5.64. The van der Waals surface area contributed by atoms with E-state index in [9.17, 15) is 10.2 Å². The van der Waals surface area contributed by atoms with Gasteiger partial charge in [0.25, 0.3) is 0 Å². The third-order valence-corrected chi connectivity index (χ3v) is 5.17. The minimum Gasteiger partial charge on any atom is -0.507 e. The summed E-state index contributed by atoms with van der Waals surface area (Å²) in [5, 5.41) is 21.2. The lowest BCUT2D eigenvalue weighted by Crippen LogP contribution is -2.22. The summed E-state index contributed by atoms with van der Waals surface area (Å²) < 4.78 is 0. The minimum absolute atomic E-state index is 0.340. The van der Waals surface area contributed by atoms with Gasteiger partial charge in [-0.25, -0.2) is 0 Å². The number of aromatic hydroxyl groups is 2. The number of nitrogens with zero attached hydrogens (tertiary/aromatic N) is 1. The van der Waals surface area contributed by atoms with Crippen molar-refractivity contribution < 1.29 is 10.2 Å². The summed E-state index contributed by atoms with van der Waals surface area (Å²) in [4.78, 5) is 2.20. The topological polar surface area (TPSA) is 43.7 Å². The highest BCUT2D eigenvalue weighted by Crippen LogP contribution is 2.31. The molecule has 28 heavy (non-hydrogen) atoms. The van der Waals surface area contributed by atoms with Gasteiger partial charge in [-0.3, -0.25) is 0 Å². The van der Waals surface area contributed by atoms with Gasteiger partial charge >= 0.3 is 0 Å². The molecule has 0 amide bonds. The first kappa shape index (κ1) is 19.8. The zero-order chi connectivity index (χ0) is 20.4. The fourth-order valence-corrected chi connectivity index (χ4v) is 3.74. The van der Waals surface area contributed by atoms with Gasteiger partial charge in [-0.2, -0.15) is 0 Å². The molecular formula is C25H29NO2. The molecule has 3 nitrogen and oxygen atoms in total. The van der Waals surface area contributed by atoms with Crippen LogP contribution in [-0.2, 0) is 13.1 Å². The molecule has 2 N–H and O–H groups in total. The molecule has 0 aliphatic carbocycles. The highest BCUT2D eigenvalue weighted by molar-refractivity contribution is 5.53. The van der Waals surface area contributed by atoms with Crippen LogP contribution < -0.4 is 4.90 Å². The summed E-state index contributed by atoms with van der Waals surface area (Å²) >= 11 is 0.